The highest BCUT2D eigenvalue weighted by Gasteiger charge is 2.32. The second-order valence-corrected chi connectivity index (χ2v) is 5.43. The second kappa shape index (κ2) is 8.28. The van der Waals surface area contributed by atoms with Crippen molar-refractivity contribution >= 4 is 18.0 Å². The highest BCUT2D eigenvalue weighted by molar-refractivity contribution is 5.96. The molecule has 2 rings (SSSR count). The Bertz CT molecular complexity index is 832. The predicted octanol–water partition coefficient (Wildman–Crippen LogP) is 2.89. The Morgan fingerprint density at radius 2 is 1.85 bits per heavy atom. The van der Waals surface area contributed by atoms with Gasteiger partial charge in [0.25, 0.3) is 11.8 Å². The van der Waals surface area contributed by atoms with Crippen LogP contribution in [0.3, 0.4) is 0 Å². The molecule has 0 bridgehead atoms. The standard InChI is InChI=1S/C18H16F3N3O2/c1-12-5-4-7-13(9-12)17(26)22-11-16(25)24-23-10-14-6-2-3-8-15(14)18(19,20)21/h2-10H,11H2,1H3,(H,22,26)(H,24,25)/b23-10+. The Balaban J connectivity index is 1.89. The molecule has 2 aromatic rings. The molecule has 0 saturated carbocycles. The summed E-state index contributed by atoms with van der Waals surface area (Å²) in [5.74, 6) is -1.10. The second-order valence-electron chi connectivity index (χ2n) is 5.43. The van der Waals surface area contributed by atoms with Crippen LogP contribution in [0.15, 0.2) is 53.6 Å². The third-order valence-electron chi connectivity index (χ3n) is 3.35. The van der Waals surface area contributed by atoms with Crippen molar-refractivity contribution in [1.82, 2.24) is 10.7 Å². The van der Waals surface area contributed by atoms with E-state index >= 15 is 0 Å². The first-order chi connectivity index (χ1) is 12.3. The number of nitrogens with one attached hydrogen (secondary N) is 2. The molecule has 5 nitrogen and oxygen atoms in total. The van der Waals surface area contributed by atoms with E-state index in [1.54, 1.807) is 18.2 Å². The van der Waals surface area contributed by atoms with Gasteiger partial charge < -0.3 is 5.32 Å². The smallest absolute Gasteiger partial charge is 0.343 e. The Kier molecular flexibility index (Phi) is 6.11. The third-order valence-corrected chi connectivity index (χ3v) is 3.35. The van der Waals surface area contributed by atoms with E-state index in [0.29, 0.717) is 5.56 Å². The topological polar surface area (TPSA) is 70.6 Å². The van der Waals surface area contributed by atoms with Gasteiger partial charge in [0.15, 0.2) is 0 Å². The molecule has 0 heterocycles. The molecule has 26 heavy (non-hydrogen) atoms. The zero-order chi connectivity index (χ0) is 19.2. The molecule has 136 valence electrons. The van der Waals surface area contributed by atoms with Crippen LogP contribution in [0.5, 0.6) is 0 Å². The molecule has 0 aliphatic heterocycles. The number of rotatable bonds is 5. The van der Waals surface area contributed by atoms with Crippen molar-refractivity contribution in [3.05, 3.63) is 70.8 Å². The average Bonchev–Trinajstić information content (AvgIpc) is 2.59. The predicted molar refractivity (Wildman–Crippen MR) is 90.7 cm³/mol. The number of nitrogens with zero attached hydrogens (tertiary/aromatic N) is 1. The van der Waals surface area contributed by atoms with E-state index in [1.807, 2.05) is 13.0 Å². The maximum absolute atomic E-state index is 12.8. The summed E-state index contributed by atoms with van der Waals surface area (Å²) in [5.41, 5.74) is 2.35. The quantitative estimate of drug-likeness (QED) is 0.633. The van der Waals surface area contributed by atoms with Gasteiger partial charge in [-0.05, 0) is 25.1 Å². The van der Waals surface area contributed by atoms with Crippen LogP contribution in [0.4, 0.5) is 13.2 Å². The summed E-state index contributed by atoms with van der Waals surface area (Å²) in [6.45, 7) is 1.47. The highest BCUT2D eigenvalue weighted by Crippen LogP contribution is 2.30. The minimum Gasteiger partial charge on any atom is -0.343 e. The van der Waals surface area contributed by atoms with Gasteiger partial charge >= 0.3 is 6.18 Å². The zero-order valence-electron chi connectivity index (χ0n) is 13.8. The van der Waals surface area contributed by atoms with Crippen molar-refractivity contribution in [1.29, 1.82) is 0 Å². The number of alkyl halides is 3. The van der Waals surface area contributed by atoms with E-state index in [9.17, 15) is 22.8 Å². The van der Waals surface area contributed by atoms with E-state index in [2.05, 4.69) is 15.8 Å². The van der Waals surface area contributed by atoms with Crippen LogP contribution in [0.1, 0.15) is 27.0 Å². The minimum absolute atomic E-state index is 0.177. The summed E-state index contributed by atoms with van der Waals surface area (Å²) in [4.78, 5) is 23.6. The number of hydrogen-bond donors (Lipinski definition) is 2. The summed E-state index contributed by atoms with van der Waals surface area (Å²) in [6, 6.07) is 11.7. The molecule has 8 heteroatoms. The van der Waals surface area contributed by atoms with Gasteiger partial charge in [-0.25, -0.2) is 5.43 Å². The van der Waals surface area contributed by atoms with E-state index < -0.39 is 23.6 Å². The largest absolute Gasteiger partial charge is 0.417 e. The van der Waals surface area contributed by atoms with Crippen molar-refractivity contribution in [2.45, 2.75) is 13.1 Å². The van der Waals surface area contributed by atoms with Gasteiger partial charge in [0.1, 0.15) is 0 Å². The van der Waals surface area contributed by atoms with E-state index in [4.69, 9.17) is 0 Å². The van der Waals surface area contributed by atoms with Crippen LogP contribution in [-0.2, 0) is 11.0 Å². The number of hydrazone groups is 1. The number of carbonyl (C=O) groups is 2. The molecule has 0 fully saturated rings. The molecule has 0 aliphatic rings. The fourth-order valence-corrected chi connectivity index (χ4v) is 2.13. The molecule has 0 aromatic heterocycles. The zero-order valence-corrected chi connectivity index (χ0v) is 13.8. The monoisotopic (exact) mass is 363 g/mol. The van der Waals surface area contributed by atoms with Gasteiger partial charge in [0, 0.05) is 11.1 Å². The van der Waals surface area contributed by atoms with Crippen LogP contribution in [0.2, 0.25) is 0 Å². The van der Waals surface area contributed by atoms with Crippen LogP contribution >= 0.6 is 0 Å². The molecule has 0 aliphatic carbocycles. The molecule has 0 radical (unpaired) electrons. The molecule has 0 saturated heterocycles. The first-order valence-electron chi connectivity index (χ1n) is 7.60. The summed E-state index contributed by atoms with van der Waals surface area (Å²) < 4.78 is 38.5. The fourth-order valence-electron chi connectivity index (χ4n) is 2.13. The van der Waals surface area contributed by atoms with Gasteiger partial charge in [-0.2, -0.15) is 18.3 Å². The third kappa shape index (κ3) is 5.44. The van der Waals surface area contributed by atoms with Crippen LogP contribution in [0.25, 0.3) is 0 Å². The highest BCUT2D eigenvalue weighted by atomic mass is 19.4. The summed E-state index contributed by atoms with van der Waals surface area (Å²) in [7, 11) is 0. The van der Waals surface area contributed by atoms with Gasteiger partial charge in [-0.15, -0.1) is 0 Å². The Labute approximate surface area is 147 Å². The van der Waals surface area contributed by atoms with E-state index in [1.165, 1.54) is 18.2 Å². The Morgan fingerprint density at radius 1 is 1.12 bits per heavy atom. The van der Waals surface area contributed by atoms with Crippen molar-refractivity contribution in [3.63, 3.8) is 0 Å². The minimum atomic E-state index is -4.52. The normalized spacial score (nSPS) is 11.4. The molecule has 0 atom stereocenters. The lowest BCUT2D eigenvalue weighted by Crippen LogP contribution is -2.34. The van der Waals surface area contributed by atoms with E-state index in [0.717, 1.165) is 17.8 Å². The lowest BCUT2D eigenvalue weighted by atomic mass is 10.1. The van der Waals surface area contributed by atoms with Crippen molar-refractivity contribution in [2.24, 2.45) is 5.10 Å². The molecule has 2 amide bonds. The summed E-state index contributed by atoms with van der Waals surface area (Å²) >= 11 is 0. The fraction of sp³-hybridized carbons (Fsp3) is 0.167. The van der Waals surface area contributed by atoms with Gasteiger partial charge in [-0.1, -0.05) is 35.9 Å². The van der Waals surface area contributed by atoms with Crippen molar-refractivity contribution in [2.75, 3.05) is 6.54 Å². The maximum atomic E-state index is 12.8. The van der Waals surface area contributed by atoms with Gasteiger partial charge in [0.05, 0.1) is 18.3 Å². The Morgan fingerprint density at radius 3 is 2.54 bits per heavy atom. The van der Waals surface area contributed by atoms with E-state index in [-0.39, 0.29) is 12.1 Å². The van der Waals surface area contributed by atoms with Crippen molar-refractivity contribution < 1.29 is 22.8 Å². The number of aryl methyl sites for hydroxylation is 1. The number of halogens is 3. The van der Waals surface area contributed by atoms with Crippen LogP contribution < -0.4 is 10.7 Å². The molecule has 0 unspecified atom stereocenters. The number of amides is 2. The molecular formula is C18H16F3N3O2. The lowest BCUT2D eigenvalue weighted by Gasteiger charge is -2.09. The maximum Gasteiger partial charge on any atom is 0.417 e. The summed E-state index contributed by atoms with van der Waals surface area (Å²) in [6.07, 6.45) is -3.61. The lowest BCUT2D eigenvalue weighted by molar-refractivity contribution is -0.137. The number of hydrogen-bond acceptors (Lipinski definition) is 3. The first-order valence-corrected chi connectivity index (χ1v) is 7.60. The summed E-state index contributed by atoms with van der Waals surface area (Å²) in [5, 5.41) is 5.91. The van der Waals surface area contributed by atoms with Crippen LogP contribution in [0, 0.1) is 6.92 Å². The number of benzene rings is 2. The average molecular weight is 363 g/mol. The van der Waals surface area contributed by atoms with Gasteiger partial charge in [0.2, 0.25) is 0 Å². The molecule has 0 spiro atoms. The Hall–Kier alpha value is -3.16. The molecule has 2 aromatic carbocycles. The van der Waals surface area contributed by atoms with Crippen molar-refractivity contribution in [3.8, 4) is 0 Å². The SMILES string of the molecule is Cc1cccc(C(=O)NCC(=O)N/N=C/c2ccccc2C(F)(F)F)c1. The molecule has 2 N–H and O–H groups in total. The van der Waals surface area contributed by atoms with Gasteiger partial charge in [-0.3, -0.25) is 9.59 Å². The molecular weight excluding hydrogens is 347 g/mol. The van der Waals surface area contributed by atoms with Crippen LogP contribution in [-0.4, -0.2) is 24.6 Å². The first kappa shape index (κ1) is 19.2. The number of carbonyl (C=O) groups excluding carboxylic acids is 2.